The van der Waals surface area contributed by atoms with E-state index in [0.29, 0.717) is 0 Å². The zero-order chi connectivity index (χ0) is 9.40. The van der Waals surface area contributed by atoms with Gasteiger partial charge < -0.3 is 5.73 Å². The lowest BCUT2D eigenvalue weighted by atomic mass is 10.7. The zero-order valence-electron chi connectivity index (χ0n) is 6.58. The summed E-state index contributed by atoms with van der Waals surface area (Å²) in [5, 5.41) is 0. The summed E-state index contributed by atoms with van der Waals surface area (Å²) in [5.41, 5.74) is 4.65. The fraction of sp³-hybridized carbons (Fsp3) is 0.167. The van der Waals surface area contributed by atoms with Crippen LogP contribution in [0.1, 0.15) is 0 Å². The lowest BCUT2D eigenvalue weighted by molar-refractivity contribution is 0.240. The smallest absolute Gasteiger partial charge is 0.324 e. The first-order chi connectivity index (χ1) is 5.64. The Hall–Kier alpha value is -1.30. The second-order valence-electron chi connectivity index (χ2n) is 1.77. The molecule has 1 aromatic heterocycles. The minimum Gasteiger partial charge on any atom is -0.351 e. The quantitative estimate of drug-likeness (QED) is 0.573. The van der Waals surface area contributed by atoms with E-state index in [1.807, 2.05) is 0 Å². The fourth-order valence-electron chi connectivity index (χ4n) is 0.253. The molecule has 2 N–H and O–H groups in total. The molecule has 0 atom stereocenters. The largest absolute Gasteiger partial charge is 0.351 e. The van der Waals surface area contributed by atoms with E-state index in [0.717, 1.165) is 4.31 Å². The molecule has 1 rings (SSSR count). The summed E-state index contributed by atoms with van der Waals surface area (Å²) in [5.74, 6) is 0. The van der Waals surface area contributed by atoms with Crippen molar-refractivity contribution in [2.24, 2.45) is 5.73 Å². The predicted octanol–water partition coefficient (Wildman–Crippen LogP) is 0.318. The standard InChI is InChI=1S/C4H4N2.C2H6N2OS/c1-2-5-4-6-3-1;1-4(6)2(3)5/h1-4H;6H,1H3,(H2,3,5). The third-order valence-corrected chi connectivity index (χ3v) is 0.994. The van der Waals surface area contributed by atoms with Crippen LogP contribution >= 0.6 is 12.8 Å². The molecule has 0 aliphatic heterocycles. The number of hydrogen-bond donors (Lipinski definition) is 2. The van der Waals surface area contributed by atoms with E-state index in [1.54, 1.807) is 18.5 Å². The highest BCUT2D eigenvalue weighted by atomic mass is 32.1. The molecule has 0 radical (unpaired) electrons. The van der Waals surface area contributed by atoms with Crippen LogP contribution in [0.15, 0.2) is 24.8 Å². The van der Waals surface area contributed by atoms with Gasteiger partial charge in [0.25, 0.3) is 0 Å². The summed E-state index contributed by atoms with van der Waals surface area (Å²) in [4.78, 5) is 17.1. The van der Waals surface area contributed by atoms with Gasteiger partial charge in [0.05, 0.1) is 0 Å². The number of hydrogen-bond acceptors (Lipinski definition) is 4. The maximum absolute atomic E-state index is 9.77. The molecule has 1 aromatic rings. The van der Waals surface area contributed by atoms with Gasteiger partial charge in [0, 0.05) is 19.4 Å². The topological polar surface area (TPSA) is 72.1 Å². The van der Waals surface area contributed by atoms with Crippen molar-refractivity contribution in [3.05, 3.63) is 24.8 Å². The third-order valence-electron chi connectivity index (χ3n) is 0.797. The summed E-state index contributed by atoms with van der Waals surface area (Å²) >= 11 is 3.55. The first-order valence-electron chi connectivity index (χ1n) is 3.06. The summed E-state index contributed by atoms with van der Waals surface area (Å²) in [6, 6.07) is 1.23. The second-order valence-corrected chi connectivity index (χ2v) is 2.37. The molecule has 0 bridgehead atoms. The summed E-state index contributed by atoms with van der Waals surface area (Å²) in [6.45, 7) is 0. The van der Waals surface area contributed by atoms with Gasteiger partial charge in [-0.3, -0.25) is 4.31 Å². The van der Waals surface area contributed by atoms with Gasteiger partial charge >= 0.3 is 6.03 Å². The van der Waals surface area contributed by atoms with Gasteiger partial charge in [-0.25, -0.2) is 14.8 Å². The van der Waals surface area contributed by atoms with E-state index in [4.69, 9.17) is 0 Å². The molecule has 0 saturated carbocycles. The number of primary amides is 1. The molecule has 0 fully saturated rings. The minimum absolute atomic E-state index is 0.543. The molecule has 66 valence electrons. The van der Waals surface area contributed by atoms with Crippen molar-refractivity contribution in [1.29, 1.82) is 0 Å². The molecule has 0 aromatic carbocycles. The van der Waals surface area contributed by atoms with Crippen molar-refractivity contribution in [3.63, 3.8) is 0 Å². The van der Waals surface area contributed by atoms with Crippen LogP contribution in [0.5, 0.6) is 0 Å². The Balaban J connectivity index is 0.000000202. The summed E-state index contributed by atoms with van der Waals surface area (Å²) < 4.78 is 1.00. The van der Waals surface area contributed by atoms with Crippen molar-refractivity contribution >= 4 is 18.8 Å². The van der Waals surface area contributed by atoms with Crippen LogP contribution in [-0.4, -0.2) is 27.4 Å². The highest BCUT2D eigenvalue weighted by molar-refractivity contribution is 7.78. The third kappa shape index (κ3) is 6.81. The number of amides is 2. The predicted molar refractivity (Wildman–Crippen MR) is 48.4 cm³/mol. The normalized spacial score (nSPS) is 7.83. The number of carbonyl (C=O) groups is 1. The van der Waals surface area contributed by atoms with Gasteiger partial charge in [0.1, 0.15) is 6.33 Å². The first kappa shape index (κ1) is 10.7. The SMILES string of the molecule is CN(S)C(N)=O.c1cncnc1. The number of nitrogens with zero attached hydrogens (tertiary/aromatic N) is 3. The molecule has 5 nitrogen and oxygen atoms in total. The van der Waals surface area contributed by atoms with Crippen LogP contribution in [-0.2, 0) is 0 Å². The van der Waals surface area contributed by atoms with Crippen LogP contribution in [0.3, 0.4) is 0 Å². The Bertz CT molecular complexity index is 189. The zero-order valence-corrected chi connectivity index (χ0v) is 7.48. The van der Waals surface area contributed by atoms with E-state index in [9.17, 15) is 4.79 Å². The van der Waals surface area contributed by atoms with Crippen molar-refractivity contribution in [2.45, 2.75) is 0 Å². The number of nitrogens with two attached hydrogens (primary N) is 1. The number of carbonyl (C=O) groups excluding carboxylic acids is 1. The van der Waals surface area contributed by atoms with Gasteiger partial charge in [-0.1, -0.05) is 12.8 Å². The van der Waals surface area contributed by atoms with Gasteiger partial charge in [-0.2, -0.15) is 0 Å². The molecule has 12 heavy (non-hydrogen) atoms. The van der Waals surface area contributed by atoms with Gasteiger partial charge in [0.15, 0.2) is 0 Å². The van der Waals surface area contributed by atoms with E-state index >= 15 is 0 Å². The molecular formula is C6H10N4OS. The molecule has 0 aliphatic rings. The Morgan fingerprint density at radius 3 is 2.00 bits per heavy atom. The van der Waals surface area contributed by atoms with Gasteiger partial charge in [-0.15, -0.1) is 0 Å². The highest BCUT2D eigenvalue weighted by Crippen LogP contribution is 1.80. The number of thiol groups is 1. The summed E-state index contributed by atoms with van der Waals surface area (Å²) in [6.07, 6.45) is 4.88. The van der Waals surface area contributed by atoms with Crippen molar-refractivity contribution in [2.75, 3.05) is 7.05 Å². The van der Waals surface area contributed by atoms with Crippen LogP contribution in [0.2, 0.25) is 0 Å². The van der Waals surface area contributed by atoms with Crippen LogP contribution in [0, 0.1) is 0 Å². The second kappa shape index (κ2) is 6.41. The molecule has 0 aliphatic carbocycles. The molecule has 0 saturated heterocycles. The lowest BCUT2D eigenvalue weighted by Gasteiger charge is -1.99. The van der Waals surface area contributed by atoms with E-state index in [2.05, 4.69) is 28.5 Å². The average Bonchev–Trinajstić information content (AvgIpc) is 2.08. The number of aromatic nitrogens is 2. The monoisotopic (exact) mass is 186 g/mol. The van der Waals surface area contributed by atoms with E-state index in [1.165, 1.54) is 13.4 Å². The van der Waals surface area contributed by atoms with Crippen molar-refractivity contribution in [3.8, 4) is 0 Å². The van der Waals surface area contributed by atoms with Crippen LogP contribution in [0.25, 0.3) is 0 Å². The van der Waals surface area contributed by atoms with E-state index in [-0.39, 0.29) is 0 Å². The molecule has 2 amide bonds. The summed E-state index contributed by atoms with van der Waals surface area (Å²) in [7, 11) is 1.46. The Morgan fingerprint density at radius 1 is 1.50 bits per heavy atom. The molecule has 0 spiro atoms. The number of urea groups is 1. The van der Waals surface area contributed by atoms with E-state index < -0.39 is 6.03 Å². The maximum atomic E-state index is 9.77. The van der Waals surface area contributed by atoms with Gasteiger partial charge in [0.2, 0.25) is 0 Å². The van der Waals surface area contributed by atoms with Crippen LogP contribution < -0.4 is 5.73 Å². The number of rotatable bonds is 0. The first-order valence-corrected chi connectivity index (χ1v) is 3.46. The Labute approximate surface area is 76.2 Å². The Morgan fingerprint density at radius 2 is 1.92 bits per heavy atom. The maximum Gasteiger partial charge on any atom is 0.324 e. The molecular weight excluding hydrogens is 176 g/mol. The molecule has 1 heterocycles. The van der Waals surface area contributed by atoms with Crippen molar-refractivity contribution < 1.29 is 4.79 Å². The average molecular weight is 186 g/mol. The Kier molecular flexibility index (Phi) is 5.72. The molecule has 6 heteroatoms. The highest BCUT2D eigenvalue weighted by Gasteiger charge is 1.90. The lowest BCUT2D eigenvalue weighted by Crippen LogP contribution is -2.23. The minimum atomic E-state index is -0.543. The van der Waals surface area contributed by atoms with Gasteiger partial charge in [-0.05, 0) is 6.07 Å². The van der Waals surface area contributed by atoms with Crippen molar-refractivity contribution in [1.82, 2.24) is 14.3 Å². The van der Waals surface area contributed by atoms with Crippen LogP contribution in [0.4, 0.5) is 4.79 Å². The molecule has 0 unspecified atom stereocenters. The fourth-order valence-corrected chi connectivity index (χ4v) is 0.253.